The number of halogens is 1. The highest BCUT2D eigenvalue weighted by Gasteiger charge is 2.14. The van der Waals surface area contributed by atoms with Gasteiger partial charge >= 0.3 is 0 Å². The molecule has 0 radical (unpaired) electrons. The van der Waals surface area contributed by atoms with E-state index in [4.69, 9.17) is 0 Å². The molecule has 0 nitrogen and oxygen atoms in total. The first-order chi connectivity index (χ1) is 9.40. The van der Waals surface area contributed by atoms with Crippen LogP contribution in [0.5, 0.6) is 0 Å². The molecule has 1 aliphatic rings. The Labute approximate surface area is 122 Å². The minimum Gasteiger partial charge on any atom is -0.207 e. The first-order valence-corrected chi connectivity index (χ1v) is 6.84. The average Bonchev–Trinajstić information content (AvgIpc) is 2.54. The van der Waals surface area contributed by atoms with E-state index in [-0.39, 0.29) is 11.7 Å². The zero-order chi connectivity index (χ0) is 15.3. The Morgan fingerprint density at radius 3 is 2.50 bits per heavy atom. The lowest BCUT2D eigenvalue weighted by Gasteiger charge is -2.08. The highest BCUT2D eigenvalue weighted by Crippen LogP contribution is 2.31. The number of rotatable bonds is 4. The van der Waals surface area contributed by atoms with Gasteiger partial charge in [0.05, 0.1) is 0 Å². The molecule has 106 valence electrons. The van der Waals surface area contributed by atoms with Crippen LogP contribution in [0.1, 0.15) is 27.7 Å². The van der Waals surface area contributed by atoms with Crippen LogP contribution in [0.3, 0.4) is 0 Å². The summed E-state index contributed by atoms with van der Waals surface area (Å²) in [5.41, 5.74) is 4.73. The van der Waals surface area contributed by atoms with E-state index in [9.17, 15) is 4.39 Å². The molecular formula is C19H23F. The van der Waals surface area contributed by atoms with Gasteiger partial charge in [-0.15, -0.1) is 0 Å². The summed E-state index contributed by atoms with van der Waals surface area (Å²) in [5, 5.41) is 0. The molecule has 0 spiro atoms. The van der Waals surface area contributed by atoms with Crippen molar-refractivity contribution in [2.45, 2.75) is 27.7 Å². The zero-order valence-corrected chi connectivity index (χ0v) is 12.8. The second kappa shape index (κ2) is 7.04. The second-order valence-electron chi connectivity index (χ2n) is 5.12. The maximum absolute atomic E-state index is 14.1. The molecule has 0 fully saturated rings. The summed E-state index contributed by atoms with van der Waals surface area (Å²) in [6.45, 7) is 15.5. The minimum atomic E-state index is -0.230. The van der Waals surface area contributed by atoms with E-state index < -0.39 is 0 Å². The molecule has 0 aromatic rings. The summed E-state index contributed by atoms with van der Waals surface area (Å²) >= 11 is 0. The van der Waals surface area contributed by atoms with Gasteiger partial charge in [0.1, 0.15) is 5.83 Å². The lowest BCUT2D eigenvalue weighted by molar-refractivity contribution is 0.652. The first-order valence-electron chi connectivity index (χ1n) is 6.84. The monoisotopic (exact) mass is 270 g/mol. The predicted molar refractivity (Wildman–Crippen MR) is 87.0 cm³/mol. The average molecular weight is 270 g/mol. The maximum atomic E-state index is 14.1. The molecule has 20 heavy (non-hydrogen) atoms. The molecule has 1 heteroatoms. The molecule has 1 aliphatic carbocycles. The lowest BCUT2D eigenvalue weighted by atomic mass is 9.97. The normalized spacial score (nSPS) is 20.6. The van der Waals surface area contributed by atoms with Gasteiger partial charge in [-0.3, -0.25) is 0 Å². The summed E-state index contributed by atoms with van der Waals surface area (Å²) in [5.74, 6) is -0.00514. The van der Waals surface area contributed by atoms with Crippen molar-refractivity contribution in [1.82, 2.24) is 0 Å². The summed E-state index contributed by atoms with van der Waals surface area (Å²) in [7, 11) is 0. The zero-order valence-electron chi connectivity index (χ0n) is 12.8. The van der Waals surface area contributed by atoms with Crippen LogP contribution in [0, 0.1) is 5.92 Å². The molecule has 0 amide bonds. The highest BCUT2D eigenvalue weighted by molar-refractivity contribution is 5.57. The van der Waals surface area contributed by atoms with Gasteiger partial charge in [0.15, 0.2) is 0 Å². The van der Waals surface area contributed by atoms with Crippen LogP contribution in [0.2, 0.25) is 0 Å². The van der Waals surface area contributed by atoms with E-state index in [1.165, 1.54) is 6.08 Å². The van der Waals surface area contributed by atoms with Gasteiger partial charge in [0.2, 0.25) is 0 Å². The van der Waals surface area contributed by atoms with Crippen LogP contribution < -0.4 is 0 Å². The molecule has 0 N–H and O–H groups in total. The molecule has 0 aromatic carbocycles. The molecule has 0 bridgehead atoms. The van der Waals surface area contributed by atoms with Crippen LogP contribution in [-0.4, -0.2) is 0 Å². The van der Waals surface area contributed by atoms with Crippen molar-refractivity contribution in [3.63, 3.8) is 0 Å². The van der Waals surface area contributed by atoms with E-state index in [0.29, 0.717) is 5.57 Å². The van der Waals surface area contributed by atoms with Crippen LogP contribution in [0.25, 0.3) is 0 Å². The topological polar surface area (TPSA) is 0 Å². The number of hydrogen-bond donors (Lipinski definition) is 0. The van der Waals surface area contributed by atoms with Gasteiger partial charge in [-0.1, -0.05) is 62.1 Å². The van der Waals surface area contributed by atoms with Crippen molar-refractivity contribution in [2.24, 2.45) is 5.92 Å². The van der Waals surface area contributed by atoms with E-state index >= 15 is 0 Å². The summed E-state index contributed by atoms with van der Waals surface area (Å²) in [4.78, 5) is 0. The van der Waals surface area contributed by atoms with E-state index in [0.717, 1.165) is 22.3 Å². The quantitative estimate of drug-likeness (QED) is 0.550. The Hall–Kier alpha value is -1.89. The Morgan fingerprint density at radius 1 is 1.35 bits per heavy atom. The van der Waals surface area contributed by atoms with Gasteiger partial charge < -0.3 is 0 Å². The van der Waals surface area contributed by atoms with Crippen molar-refractivity contribution in [3.05, 3.63) is 83.3 Å². The van der Waals surface area contributed by atoms with Crippen LogP contribution >= 0.6 is 0 Å². The Balaban J connectivity index is 3.37. The summed E-state index contributed by atoms with van der Waals surface area (Å²) in [6, 6.07) is 0. The Morgan fingerprint density at radius 2 is 2.00 bits per heavy atom. The van der Waals surface area contributed by atoms with E-state index in [1.807, 2.05) is 19.9 Å². The fourth-order valence-corrected chi connectivity index (χ4v) is 2.32. The van der Waals surface area contributed by atoms with Crippen molar-refractivity contribution in [2.75, 3.05) is 0 Å². The molecule has 0 heterocycles. The van der Waals surface area contributed by atoms with Gasteiger partial charge in [-0.05, 0) is 43.4 Å². The Kier molecular flexibility index (Phi) is 5.69. The SMILES string of the molecule is C=C/C=C(C1=CC(C)C=C(C(=C)C)C(C)=C1)\C(F)=C/C. The predicted octanol–water partition coefficient (Wildman–Crippen LogP) is 6.00. The molecule has 1 unspecified atom stereocenters. The lowest BCUT2D eigenvalue weighted by Crippen LogP contribution is -1.91. The smallest absolute Gasteiger partial charge is 0.126 e. The molecular weight excluding hydrogens is 247 g/mol. The fourth-order valence-electron chi connectivity index (χ4n) is 2.32. The minimum absolute atomic E-state index is 0.225. The fraction of sp³-hybridized carbons (Fsp3) is 0.263. The molecule has 0 saturated carbocycles. The van der Waals surface area contributed by atoms with Gasteiger partial charge in [-0.2, -0.15) is 0 Å². The van der Waals surface area contributed by atoms with Crippen molar-refractivity contribution in [3.8, 4) is 0 Å². The van der Waals surface area contributed by atoms with Crippen molar-refractivity contribution >= 4 is 0 Å². The summed E-state index contributed by atoms with van der Waals surface area (Å²) in [6.07, 6.45) is 11.1. The highest BCUT2D eigenvalue weighted by atomic mass is 19.1. The van der Waals surface area contributed by atoms with Gasteiger partial charge in [0, 0.05) is 5.57 Å². The third-order valence-electron chi connectivity index (χ3n) is 3.23. The third-order valence-corrected chi connectivity index (χ3v) is 3.23. The summed E-state index contributed by atoms with van der Waals surface area (Å²) < 4.78 is 14.1. The van der Waals surface area contributed by atoms with Crippen molar-refractivity contribution in [1.29, 1.82) is 0 Å². The largest absolute Gasteiger partial charge is 0.207 e. The van der Waals surface area contributed by atoms with Gasteiger partial charge in [0.25, 0.3) is 0 Å². The molecule has 0 saturated heterocycles. The maximum Gasteiger partial charge on any atom is 0.126 e. The standard InChI is InChI=1S/C19H23F/c1-7-9-17(19(20)8-2)16-10-14(5)11-18(13(3)4)15(6)12-16/h7-12,14H,1,3H2,2,4-6H3/b17-9-,19-8+. The van der Waals surface area contributed by atoms with E-state index in [2.05, 4.69) is 32.2 Å². The van der Waals surface area contributed by atoms with Crippen LogP contribution in [-0.2, 0) is 0 Å². The first kappa shape index (κ1) is 16.2. The molecule has 1 rings (SSSR count). The molecule has 1 atom stereocenters. The second-order valence-corrected chi connectivity index (χ2v) is 5.12. The number of hydrogen-bond acceptors (Lipinski definition) is 0. The molecule has 0 aliphatic heterocycles. The van der Waals surface area contributed by atoms with Gasteiger partial charge in [-0.25, -0.2) is 4.39 Å². The third kappa shape index (κ3) is 3.80. The Bertz CT molecular complexity index is 563. The number of allylic oxidation sites excluding steroid dienone is 12. The van der Waals surface area contributed by atoms with Crippen molar-refractivity contribution < 1.29 is 4.39 Å². The van der Waals surface area contributed by atoms with Crippen LogP contribution in [0.15, 0.2) is 83.3 Å². The van der Waals surface area contributed by atoms with E-state index in [1.54, 1.807) is 19.1 Å². The van der Waals surface area contributed by atoms with Crippen LogP contribution in [0.4, 0.5) is 4.39 Å². The molecule has 0 aromatic heterocycles.